The molecule has 2 unspecified atom stereocenters. The van der Waals surface area contributed by atoms with Gasteiger partial charge in [0.15, 0.2) is 0 Å². The summed E-state index contributed by atoms with van der Waals surface area (Å²) in [6.07, 6.45) is 0.673. The summed E-state index contributed by atoms with van der Waals surface area (Å²) < 4.78 is 5.19. The molecule has 1 aromatic carbocycles. The molecule has 2 rings (SSSR count). The van der Waals surface area contributed by atoms with Crippen molar-refractivity contribution >= 4 is 0 Å². The van der Waals surface area contributed by atoms with Gasteiger partial charge in [-0.05, 0) is 24.6 Å². The van der Waals surface area contributed by atoms with E-state index >= 15 is 0 Å². The number of benzene rings is 1. The number of nitrogens with one attached hydrogen (secondary N) is 1. The number of rotatable bonds is 4. The van der Waals surface area contributed by atoms with Crippen molar-refractivity contribution in [2.75, 3.05) is 19.8 Å². The van der Waals surface area contributed by atoms with E-state index < -0.39 is 5.60 Å². The van der Waals surface area contributed by atoms with Crippen LogP contribution in [0.3, 0.4) is 0 Å². The average Bonchev–Trinajstić information content (AvgIpc) is 2.74. The smallest absolute Gasteiger partial charge is 0.115 e. The van der Waals surface area contributed by atoms with E-state index in [0.717, 1.165) is 5.56 Å². The van der Waals surface area contributed by atoms with Crippen LogP contribution in [0.1, 0.15) is 24.9 Å². The predicted octanol–water partition coefficient (Wildman–Crippen LogP) is 1.19. The lowest BCUT2D eigenvalue weighted by Gasteiger charge is -2.24. The largest absolute Gasteiger partial charge is 0.508 e. The molecule has 1 aromatic rings. The van der Waals surface area contributed by atoms with Crippen molar-refractivity contribution in [3.8, 4) is 5.75 Å². The Kier molecular flexibility index (Phi) is 3.66. The van der Waals surface area contributed by atoms with E-state index in [2.05, 4.69) is 5.32 Å². The molecule has 17 heavy (non-hydrogen) atoms. The maximum atomic E-state index is 10.1. The van der Waals surface area contributed by atoms with Crippen LogP contribution in [-0.2, 0) is 4.74 Å². The predicted molar refractivity (Wildman–Crippen MR) is 64.9 cm³/mol. The Labute approximate surface area is 101 Å². The molecule has 4 nitrogen and oxygen atoms in total. The highest BCUT2D eigenvalue weighted by Gasteiger charge is 2.32. The number of ether oxygens (including phenoxy) is 1. The average molecular weight is 237 g/mol. The van der Waals surface area contributed by atoms with Gasteiger partial charge in [0.2, 0.25) is 0 Å². The summed E-state index contributed by atoms with van der Waals surface area (Å²) in [5.74, 6) is 0.263. The zero-order valence-electron chi connectivity index (χ0n) is 10.0. The molecule has 1 aliphatic rings. The molecule has 4 heteroatoms. The second-order valence-corrected chi connectivity index (χ2v) is 4.72. The van der Waals surface area contributed by atoms with Crippen LogP contribution in [0.4, 0.5) is 0 Å². The maximum Gasteiger partial charge on any atom is 0.115 e. The Morgan fingerprint density at radius 1 is 1.53 bits per heavy atom. The summed E-state index contributed by atoms with van der Waals surface area (Å²) in [4.78, 5) is 0. The minimum atomic E-state index is -0.745. The minimum Gasteiger partial charge on any atom is -0.508 e. The second-order valence-electron chi connectivity index (χ2n) is 4.72. The molecule has 1 heterocycles. The van der Waals surface area contributed by atoms with Crippen molar-refractivity contribution in [1.82, 2.24) is 5.32 Å². The fraction of sp³-hybridized carbons (Fsp3) is 0.538. The Balaban J connectivity index is 1.91. The van der Waals surface area contributed by atoms with Gasteiger partial charge < -0.3 is 20.3 Å². The van der Waals surface area contributed by atoms with Crippen LogP contribution >= 0.6 is 0 Å². The summed E-state index contributed by atoms with van der Waals surface area (Å²) in [5.41, 5.74) is 0.262. The second kappa shape index (κ2) is 5.04. The van der Waals surface area contributed by atoms with Gasteiger partial charge in [-0.3, -0.25) is 0 Å². The third kappa shape index (κ3) is 3.19. The van der Waals surface area contributed by atoms with Gasteiger partial charge in [0.25, 0.3) is 0 Å². The van der Waals surface area contributed by atoms with Crippen LogP contribution in [0, 0.1) is 0 Å². The molecule has 1 fully saturated rings. The topological polar surface area (TPSA) is 61.7 Å². The Morgan fingerprint density at radius 3 is 3.00 bits per heavy atom. The molecule has 3 N–H and O–H groups in total. The fourth-order valence-electron chi connectivity index (χ4n) is 1.99. The first kappa shape index (κ1) is 12.4. The van der Waals surface area contributed by atoms with E-state index in [1.807, 2.05) is 19.1 Å². The third-order valence-electron chi connectivity index (χ3n) is 3.19. The lowest BCUT2D eigenvalue weighted by molar-refractivity contribution is 0.0252. The molecule has 94 valence electrons. The zero-order valence-corrected chi connectivity index (χ0v) is 10.0. The number of aliphatic hydroxyl groups is 1. The van der Waals surface area contributed by atoms with E-state index in [9.17, 15) is 10.2 Å². The van der Waals surface area contributed by atoms with Gasteiger partial charge in [0.05, 0.1) is 6.61 Å². The van der Waals surface area contributed by atoms with E-state index in [-0.39, 0.29) is 11.8 Å². The monoisotopic (exact) mass is 237 g/mol. The molecule has 1 aliphatic heterocycles. The van der Waals surface area contributed by atoms with E-state index in [1.54, 1.807) is 12.1 Å². The van der Waals surface area contributed by atoms with Gasteiger partial charge in [0, 0.05) is 25.6 Å². The van der Waals surface area contributed by atoms with E-state index in [4.69, 9.17) is 4.74 Å². The zero-order chi connectivity index (χ0) is 12.3. The van der Waals surface area contributed by atoms with Gasteiger partial charge in [-0.1, -0.05) is 12.1 Å². The van der Waals surface area contributed by atoms with E-state index in [0.29, 0.717) is 26.2 Å². The molecule has 0 aromatic heterocycles. The first-order chi connectivity index (χ1) is 8.09. The molecule has 0 amide bonds. The molecule has 0 radical (unpaired) electrons. The highest BCUT2D eigenvalue weighted by Crippen LogP contribution is 2.21. The fourth-order valence-corrected chi connectivity index (χ4v) is 1.99. The van der Waals surface area contributed by atoms with Crippen LogP contribution < -0.4 is 5.32 Å². The minimum absolute atomic E-state index is 0.0896. The molecule has 0 aliphatic carbocycles. The molecule has 0 spiro atoms. The Hall–Kier alpha value is -1.10. The Morgan fingerprint density at radius 2 is 2.35 bits per heavy atom. The van der Waals surface area contributed by atoms with Crippen LogP contribution in [0.2, 0.25) is 0 Å². The lowest BCUT2D eigenvalue weighted by atomic mass is 10.0. The van der Waals surface area contributed by atoms with Crippen LogP contribution in [-0.4, -0.2) is 35.6 Å². The maximum absolute atomic E-state index is 10.1. The first-order valence-electron chi connectivity index (χ1n) is 5.91. The van der Waals surface area contributed by atoms with Crippen LogP contribution in [0.5, 0.6) is 5.75 Å². The molecule has 1 saturated heterocycles. The standard InChI is InChI=1S/C13H19NO3/c1-10(11-3-2-4-12(15)7-11)14-8-13(16)5-6-17-9-13/h2-4,7,10,14-16H,5-6,8-9H2,1H3. The van der Waals surface area contributed by atoms with Crippen molar-refractivity contribution in [2.24, 2.45) is 0 Å². The summed E-state index contributed by atoms with van der Waals surface area (Å²) in [6, 6.07) is 7.23. The quantitative estimate of drug-likeness (QED) is 0.736. The summed E-state index contributed by atoms with van der Waals surface area (Å²) in [7, 11) is 0. The lowest BCUT2D eigenvalue weighted by Crippen LogP contribution is -2.41. The van der Waals surface area contributed by atoms with Gasteiger partial charge in [-0.2, -0.15) is 0 Å². The number of aromatic hydroxyl groups is 1. The number of phenols is 1. The van der Waals surface area contributed by atoms with Crippen molar-refractivity contribution in [3.63, 3.8) is 0 Å². The van der Waals surface area contributed by atoms with Gasteiger partial charge in [-0.15, -0.1) is 0 Å². The third-order valence-corrected chi connectivity index (χ3v) is 3.19. The highest BCUT2D eigenvalue weighted by molar-refractivity contribution is 5.29. The van der Waals surface area contributed by atoms with Crippen molar-refractivity contribution in [2.45, 2.75) is 25.0 Å². The van der Waals surface area contributed by atoms with Crippen LogP contribution in [0.15, 0.2) is 24.3 Å². The molecule has 0 bridgehead atoms. The van der Waals surface area contributed by atoms with Crippen molar-refractivity contribution in [3.05, 3.63) is 29.8 Å². The van der Waals surface area contributed by atoms with Crippen molar-refractivity contribution in [1.29, 1.82) is 0 Å². The SMILES string of the molecule is CC(NCC1(O)CCOC1)c1cccc(O)c1. The van der Waals surface area contributed by atoms with Crippen molar-refractivity contribution < 1.29 is 14.9 Å². The Bertz CT molecular complexity index is 375. The normalized spacial score (nSPS) is 26.0. The van der Waals surface area contributed by atoms with Gasteiger partial charge >= 0.3 is 0 Å². The summed E-state index contributed by atoms with van der Waals surface area (Å²) in [5, 5.41) is 22.8. The molecular formula is C13H19NO3. The molecule has 2 atom stereocenters. The molecule has 0 saturated carbocycles. The number of hydrogen-bond acceptors (Lipinski definition) is 4. The number of hydrogen-bond donors (Lipinski definition) is 3. The number of phenolic OH excluding ortho intramolecular Hbond substituents is 1. The van der Waals surface area contributed by atoms with E-state index in [1.165, 1.54) is 0 Å². The van der Waals surface area contributed by atoms with Gasteiger partial charge in [-0.25, -0.2) is 0 Å². The highest BCUT2D eigenvalue weighted by atomic mass is 16.5. The van der Waals surface area contributed by atoms with Crippen LogP contribution in [0.25, 0.3) is 0 Å². The molecular weight excluding hydrogens is 218 g/mol. The van der Waals surface area contributed by atoms with Gasteiger partial charge in [0.1, 0.15) is 11.4 Å². The first-order valence-corrected chi connectivity index (χ1v) is 5.91. The summed E-state index contributed by atoms with van der Waals surface area (Å²) >= 11 is 0. The summed E-state index contributed by atoms with van der Waals surface area (Å²) in [6.45, 7) is 3.53.